The molecule has 0 atom stereocenters. The first-order valence-electron chi connectivity index (χ1n) is 3.26. The van der Waals surface area contributed by atoms with Crippen LogP contribution in [0.5, 0.6) is 0 Å². The summed E-state index contributed by atoms with van der Waals surface area (Å²) in [5.41, 5.74) is 0.329. The number of oxime groups is 1. The van der Waals surface area contributed by atoms with Crippen molar-refractivity contribution in [2.45, 2.75) is 0 Å². The van der Waals surface area contributed by atoms with Crippen molar-refractivity contribution in [1.29, 1.82) is 0 Å². The molecule has 0 saturated carbocycles. The lowest BCUT2D eigenvalue weighted by Gasteiger charge is -1.95. The van der Waals surface area contributed by atoms with E-state index in [-0.39, 0.29) is 10.7 Å². The Bertz CT molecular complexity index is 365. The first kappa shape index (κ1) is 9.47. The van der Waals surface area contributed by atoms with Gasteiger partial charge >= 0.3 is 0 Å². The molecule has 1 aromatic carbocycles. The quantitative estimate of drug-likeness (QED) is 0.344. The number of hydrogen-bond acceptors (Lipinski definition) is 4. The highest BCUT2D eigenvalue weighted by Gasteiger charge is 2.07. The number of hydrogen-bond donors (Lipinski definition) is 1. The van der Waals surface area contributed by atoms with Gasteiger partial charge < -0.3 is 5.21 Å². The van der Waals surface area contributed by atoms with Crippen molar-refractivity contribution in [3.05, 3.63) is 38.9 Å². The highest BCUT2D eigenvalue weighted by Crippen LogP contribution is 2.20. The van der Waals surface area contributed by atoms with Crippen LogP contribution in [0.1, 0.15) is 5.56 Å². The summed E-state index contributed by atoms with van der Waals surface area (Å²) >= 11 is 5.65. The van der Waals surface area contributed by atoms with Gasteiger partial charge in [0.2, 0.25) is 0 Å². The maximum atomic E-state index is 10.3. The molecule has 5 nitrogen and oxygen atoms in total. The van der Waals surface area contributed by atoms with Gasteiger partial charge in [-0.05, 0) is 6.07 Å². The third-order valence-electron chi connectivity index (χ3n) is 1.39. The second-order valence-electron chi connectivity index (χ2n) is 2.21. The summed E-state index contributed by atoms with van der Waals surface area (Å²) in [4.78, 5) is 9.74. The third kappa shape index (κ3) is 2.16. The Morgan fingerprint density at radius 1 is 1.62 bits per heavy atom. The minimum atomic E-state index is -0.550. The molecule has 0 spiro atoms. The normalized spacial score (nSPS) is 10.5. The number of nitro benzene ring substituents is 1. The third-order valence-corrected chi connectivity index (χ3v) is 1.72. The van der Waals surface area contributed by atoms with Crippen molar-refractivity contribution >= 4 is 23.5 Å². The lowest BCUT2D eigenvalue weighted by molar-refractivity contribution is -0.384. The summed E-state index contributed by atoms with van der Waals surface area (Å²) in [5, 5.41) is 21.4. The maximum Gasteiger partial charge on any atom is 0.270 e. The van der Waals surface area contributed by atoms with E-state index in [9.17, 15) is 10.1 Å². The molecule has 0 bridgehead atoms. The summed E-state index contributed by atoms with van der Waals surface area (Å²) in [6.07, 6.45) is 1.10. The molecule has 0 radical (unpaired) electrons. The van der Waals surface area contributed by atoms with Gasteiger partial charge in [0.15, 0.2) is 0 Å². The SMILES string of the molecule is O=[N+]([O-])c1ccc(/C=N/O)c(Cl)c1. The van der Waals surface area contributed by atoms with E-state index in [0.717, 1.165) is 6.21 Å². The monoisotopic (exact) mass is 200 g/mol. The van der Waals surface area contributed by atoms with E-state index < -0.39 is 4.92 Å². The Morgan fingerprint density at radius 2 is 2.31 bits per heavy atom. The van der Waals surface area contributed by atoms with Gasteiger partial charge in [-0.1, -0.05) is 16.8 Å². The first-order valence-corrected chi connectivity index (χ1v) is 3.64. The Labute approximate surface area is 78.4 Å². The van der Waals surface area contributed by atoms with Crippen LogP contribution in [0.3, 0.4) is 0 Å². The van der Waals surface area contributed by atoms with Crippen LogP contribution in [0.15, 0.2) is 23.4 Å². The van der Waals surface area contributed by atoms with Crippen LogP contribution in [0.4, 0.5) is 5.69 Å². The van der Waals surface area contributed by atoms with Crippen molar-refractivity contribution < 1.29 is 10.1 Å². The predicted molar refractivity (Wildman–Crippen MR) is 47.5 cm³/mol. The van der Waals surface area contributed by atoms with Gasteiger partial charge in [-0.15, -0.1) is 0 Å². The number of nitrogens with zero attached hydrogens (tertiary/aromatic N) is 2. The molecule has 0 aromatic heterocycles. The highest BCUT2D eigenvalue weighted by atomic mass is 35.5. The lowest BCUT2D eigenvalue weighted by Crippen LogP contribution is -1.89. The second-order valence-corrected chi connectivity index (χ2v) is 2.61. The van der Waals surface area contributed by atoms with Crippen LogP contribution in [0.25, 0.3) is 0 Å². The molecular weight excluding hydrogens is 196 g/mol. The van der Waals surface area contributed by atoms with E-state index in [1.54, 1.807) is 0 Å². The van der Waals surface area contributed by atoms with Gasteiger partial charge in [-0.2, -0.15) is 0 Å². The van der Waals surface area contributed by atoms with Crippen LogP contribution < -0.4 is 0 Å². The summed E-state index contributed by atoms with van der Waals surface area (Å²) in [5.74, 6) is 0. The zero-order valence-electron chi connectivity index (χ0n) is 6.35. The van der Waals surface area contributed by atoms with Gasteiger partial charge in [-0.25, -0.2) is 0 Å². The molecule has 6 heteroatoms. The zero-order valence-corrected chi connectivity index (χ0v) is 7.10. The van der Waals surface area contributed by atoms with Gasteiger partial charge in [0.05, 0.1) is 16.2 Å². The van der Waals surface area contributed by atoms with E-state index in [4.69, 9.17) is 16.8 Å². The summed E-state index contributed by atoms with van der Waals surface area (Å²) in [6.45, 7) is 0. The van der Waals surface area contributed by atoms with Crippen molar-refractivity contribution in [3.8, 4) is 0 Å². The average Bonchev–Trinajstić information content (AvgIpc) is 2.08. The Morgan fingerprint density at radius 3 is 2.77 bits per heavy atom. The first-order chi connectivity index (χ1) is 6.15. The van der Waals surface area contributed by atoms with E-state index >= 15 is 0 Å². The molecule has 13 heavy (non-hydrogen) atoms. The average molecular weight is 201 g/mol. The van der Waals surface area contributed by atoms with Crippen molar-refractivity contribution in [2.24, 2.45) is 5.16 Å². The molecule has 1 rings (SSSR count). The fraction of sp³-hybridized carbons (Fsp3) is 0. The molecule has 0 unspecified atom stereocenters. The Hall–Kier alpha value is -1.62. The summed E-state index contributed by atoms with van der Waals surface area (Å²) in [7, 11) is 0. The predicted octanol–water partition coefficient (Wildman–Crippen LogP) is 2.06. The molecule has 0 saturated heterocycles. The molecule has 0 heterocycles. The molecule has 1 aromatic rings. The minimum absolute atomic E-state index is 0.0971. The largest absolute Gasteiger partial charge is 0.411 e. The fourth-order valence-electron chi connectivity index (χ4n) is 0.797. The van der Waals surface area contributed by atoms with Crippen LogP contribution in [-0.2, 0) is 0 Å². The van der Waals surface area contributed by atoms with E-state index in [1.807, 2.05) is 0 Å². The second kappa shape index (κ2) is 3.86. The fourth-order valence-corrected chi connectivity index (χ4v) is 1.02. The van der Waals surface area contributed by atoms with E-state index in [2.05, 4.69) is 5.16 Å². The lowest BCUT2D eigenvalue weighted by atomic mass is 10.2. The van der Waals surface area contributed by atoms with Crippen molar-refractivity contribution in [3.63, 3.8) is 0 Å². The van der Waals surface area contributed by atoms with Crippen LogP contribution >= 0.6 is 11.6 Å². The Kier molecular flexibility index (Phi) is 2.81. The van der Waals surface area contributed by atoms with Crippen LogP contribution in [0.2, 0.25) is 5.02 Å². The smallest absolute Gasteiger partial charge is 0.270 e. The van der Waals surface area contributed by atoms with E-state index in [0.29, 0.717) is 5.56 Å². The van der Waals surface area contributed by atoms with Gasteiger partial charge in [0.1, 0.15) is 0 Å². The van der Waals surface area contributed by atoms with Gasteiger partial charge in [-0.3, -0.25) is 10.1 Å². The molecule has 0 fully saturated rings. The molecule has 0 aliphatic rings. The van der Waals surface area contributed by atoms with E-state index in [1.165, 1.54) is 18.2 Å². The van der Waals surface area contributed by atoms with Crippen LogP contribution in [-0.4, -0.2) is 16.3 Å². The maximum absolute atomic E-state index is 10.3. The zero-order chi connectivity index (χ0) is 9.84. The minimum Gasteiger partial charge on any atom is -0.411 e. The summed E-state index contributed by atoms with van der Waals surface area (Å²) in [6, 6.07) is 3.88. The molecule has 1 N–H and O–H groups in total. The molecule has 0 aliphatic carbocycles. The standard InChI is InChI=1S/C7H5ClN2O3/c8-7-3-6(10(12)13)2-1-5(7)4-9-11/h1-4,11H/b9-4+. The number of halogens is 1. The highest BCUT2D eigenvalue weighted by molar-refractivity contribution is 6.33. The number of benzene rings is 1. The molecule has 68 valence electrons. The topological polar surface area (TPSA) is 75.7 Å². The van der Waals surface area contributed by atoms with Gasteiger partial charge in [0.25, 0.3) is 5.69 Å². The number of non-ortho nitro benzene ring substituents is 1. The molecular formula is C7H5ClN2O3. The molecule has 0 aliphatic heterocycles. The summed E-state index contributed by atoms with van der Waals surface area (Å²) < 4.78 is 0. The Balaban J connectivity index is 3.12. The van der Waals surface area contributed by atoms with Crippen molar-refractivity contribution in [2.75, 3.05) is 0 Å². The number of nitro groups is 1. The van der Waals surface area contributed by atoms with Crippen LogP contribution in [0, 0.1) is 10.1 Å². The van der Waals surface area contributed by atoms with Gasteiger partial charge in [0, 0.05) is 17.7 Å². The van der Waals surface area contributed by atoms with Crippen molar-refractivity contribution in [1.82, 2.24) is 0 Å². The number of rotatable bonds is 2. The molecule has 0 amide bonds.